The van der Waals surface area contributed by atoms with Crippen molar-refractivity contribution in [3.05, 3.63) is 64.7 Å². The summed E-state index contributed by atoms with van der Waals surface area (Å²) >= 11 is 5.96. The van der Waals surface area contributed by atoms with Crippen LogP contribution >= 0.6 is 11.6 Å². The van der Waals surface area contributed by atoms with Crippen molar-refractivity contribution in [2.45, 2.75) is 25.9 Å². The lowest BCUT2D eigenvalue weighted by atomic mass is 10.1. The average molecular weight is 456 g/mol. The molecular weight excluding hydrogens is 430 g/mol. The summed E-state index contributed by atoms with van der Waals surface area (Å²) in [6.07, 6.45) is 0.176. The van der Waals surface area contributed by atoms with Crippen LogP contribution in [-0.4, -0.2) is 66.4 Å². The fourth-order valence-electron chi connectivity index (χ4n) is 4.21. The summed E-state index contributed by atoms with van der Waals surface area (Å²) in [5.41, 5.74) is 2.08. The number of rotatable bonds is 6. The smallest absolute Gasteiger partial charge is 0.338 e. The number of ether oxygens (including phenoxy) is 1. The highest BCUT2D eigenvalue weighted by Gasteiger charge is 2.43. The van der Waals surface area contributed by atoms with Crippen molar-refractivity contribution in [1.29, 1.82) is 0 Å². The monoisotopic (exact) mass is 455 g/mol. The van der Waals surface area contributed by atoms with Gasteiger partial charge in [-0.2, -0.15) is 0 Å². The standard InChI is InChI=1S/C24H26ClN3O4/c1-2-32-24(31)18-5-9-20(10-6-18)28-22(29)15-21(23(28)30)27-13-11-26(12-14-27)16-17-3-7-19(25)8-4-17/h3-10,21H,2,11-16H2,1H3/t21-/m1/s1. The fourth-order valence-corrected chi connectivity index (χ4v) is 4.34. The molecule has 168 valence electrons. The van der Waals surface area contributed by atoms with Crippen molar-refractivity contribution in [1.82, 2.24) is 9.80 Å². The number of imide groups is 1. The van der Waals surface area contributed by atoms with Crippen LogP contribution in [0.2, 0.25) is 5.02 Å². The molecule has 4 rings (SSSR count). The number of piperazine rings is 1. The van der Waals surface area contributed by atoms with E-state index in [0.29, 0.717) is 17.9 Å². The molecule has 32 heavy (non-hydrogen) atoms. The molecule has 2 heterocycles. The Hall–Kier alpha value is -2.74. The maximum Gasteiger partial charge on any atom is 0.338 e. The number of anilines is 1. The minimum Gasteiger partial charge on any atom is -0.462 e. The maximum absolute atomic E-state index is 13.1. The Bertz CT molecular complexity index is 985. The zero-order valence-electron chi connectivity index (χ0n) is 18.0. The lowest BCUT2D eigenvalue weighted by Crippen LogP contribution is -2.52. The topological polar surface area (TPSA) is 70.2 Å². The van der Waals surface area contributed by atoms with Gasteiger partial charge in [0.15, 0.2) is 0 Å². The minimum atomic E-state index is -0.440. The first kappa shape index (κ1) is 22.5. The van der Waals surface area contributed by atoms with Crippen molar-refractivity contribution < 1.29 is 19.1 Å². The third kappa shape index (κ3) is 4.85. The van der Waals surface area contributed by atoms with Gasteiger partial charge < -0.3 is 4.74 Å². The van der Waals surface area contributed by atoms with Gasteiger partial charge in [-0.3, -0.25) is 19.4 Å². The van der Waals surface area contributed by atoms with Crippen molar-refractivity contribution >= 4 is 35.1 Å². The third-order valence-electron chi connectivity index (χ3n) is 5.93. The molecule has 2 aliphatic heterocycles. The number of amides is 2. The predicted molar refractivity (Wildman–Crippen MR) is 122 cm³/mol. The number of carbonyl (C=O) groups excluding carboxylic acids is 3. The lowest BCUT2D eigenvalue weighted by molar-refractivity contribution is -0.123. The zero-order chi connectivity index (χ0) is 22.7. The third-order valence-corrected chi connectivity index (χ3v) is 6.18. The van der Waals surface area contributed by atoms with Crippen LogP contribution in [0.5, 0.6) is 0 Å². The van der Waals surface area contributed by atoms with E-state index in [2.05, 4.69) is 9.80 Å². The van der Waals surface area contributed by atoms with Crippen molar-refractivity contribution in [3.63, 3.8) is 0 Å². The molecule has 2 amide bonds. The molecule has 0 spiro atoms. The second-order valence-corrected chi connectivity index (χ2v) is 8.43. The summed E-state index contributed by atoms with van der Waals surface area (Å²) in [7, 11) is 0. The van der Waals surface area contributed by atoms with E-state index >= 15 is 0 Å². The molecule has 0 bridgehead atoms. The van der Waals surface area contributed by atoms with Gasteiger partial charge in [-0.15, -0.1) is 0 Å². The summed E-state index contributed by atoms with van der Waals surface area (Å²) < 4.78 is 4.98. The molecule has 2 saturated heterocycles. The SMILES string of the molecule is CCOC(=O)c1ccc(N2C(=O)C[C@@H](N3CCN(Cc4ccc(Cl)cc4)CC3)C2=O)cc1. The number of nitrogens with zero attached hydrogens (tertiary/aromatic N) is 3. The number of hydrogen-bond acceptors (Lipinski definition) is 6. The Labute approximate surface area is 192 Å². The predicted octanol–water partition coefficient (Wildman–Crippen LogP) is 2.97. The molecule has 0 aromatic heterocycles. The van der Waals surface area contributed by atoms with Crippen LogP contribution in [0.25, 0.3) is 0 Å². The Morgan fingerprint density at radius 1 is 1.00 bits per heavy atom. The van der Waals surface area contributed by atoms with Gasteiger partial charge in [-0.25, -0.2) is 9.69 Å². The van der Waals surface area contributed by atoms with Crippen LogP contribution in [-0.2, 0) is 20.9 Å². The van der Waals surface area contributed by atoms with Crippen LogP contribution in [0.1, 0.15) is 29.3 Å². The van der Waals surface area contributed by atoms with E-state index in [1.807, 2.05) is 24.3 Å². The molecular formula is C24H26ClN3O4. The Kier molecular flexibility index (Phi) is 6.89. The van der Waals surface area contributed by atoms with E-state index in [1.165, 1.54) is 10.5 Å². The average Bonchev–Trinajstić information content (AvgIpc) is 3.10. The summed E-state index contributed by atoms with van der Waals surface area (Å²) in [6, 6.07) is 13.8. The van der Waals surface area contributed by atoms with Crippen molar-refractivity contribution in [3.8, 4) is 0 Å². The van der Waals surface area contributed by atoms with Gasteiger partial charge in [0.2, 0.25) is 5.91 Å². The molecule has 0 saturated carbocycles. The molecule has 0 aliphatic carbocycles. The van der Waals surface area contributed by atoms with Gasteiger partial charge in [0.05, 0.1) is 30.3 Å². The molecule has 2 aromatic carbocycles. The highest BCUT2D eigenvalue weighted by molar-refractivity contribution is 6.30. The van der Waals surface area contributed by atoms with Crippen molar-refractivity contribution in [2.24, 2.45) is 0 Å². The Balaban J connectivity index is 1.36. The minimum absolute atomic E-state index is 0.176. The number of esters is 1. The Morgan fingerprint density at radius 3 is 2.28 bits per heavy atom. The first-order valence-corrected chi connectivity index (χ1v) is 11.2. The quantitative estimate of drug-likeness (QED) is 0.492. The molecule has 0 unspecified atom stereocenters. The fraction of sp³-hybridized carbons (Fsp3) is 0.375. The zero-order valence-corrected chi connectivity index (χ0v) is 18.8. The molecule has 0 N–H and O–H groups in total. The summed E-state index contributed by atoms with van der Waals surface area (Å²) in [5.74, 6) is -0.843. The van der Waals surface area contributed by atoms with Crippen molar-refractivity contribution in [2.75, 3.05) is 37.7 Å². The summed E-state index contributed by atoms with van der Waals surface area (Å²) in [4.78, 5) is 43.3. The second kappa shape index (κ2) is 9.81. The van der Waals surface area contributed by atoms with E-state index in [1.54, 1.807) is 31.2 Å². The highest BCUT2D eigenvalue weighted by atomic mass is 35.5. The molecule has 2 aromatic rings. The molecule has 7 nitrogen and oxygen atoms in total. The van der Waals surface area contributed by atoms with E-state index in [0.717, 1.165) is 37.7 Å². The highest BCUT2D eigenvalue weighted by Crippen LogP contribution is 2.27. The number of hydrogen-bond donors (Lipinski definition) is 0. The number of benzene rings is 2. The second-order valence-electron chi connectivity index (χ2n) is 7.99. The van der Waals surface area contributed by atoms with E-state index in [9.17, 15) is 14.4 Å². The van der Waals surface area contributed by atoms with Gasteiger partial charge in [0.25, 0.3) is 5.91 Å². The Morgan fingerprint density at radius 2 is 1.66 bits per heavy atom. The number of carbonyl (C=O) groups is 3. The lowest BCUT2D eigenvalue weighted by Gasteiger charge is -2.37. The van der Waals surface area contributed by atoms with Crippen LogP contribution < -0.4 is 4.90 Å². The first-order valence-electron chi connectivity index (χ1n) is 10.8. The molecule has 8 heteroatoms. The van der Waals surface area contributed by atoms with Gasteiger partial charge in [0.1, 0.15) is 0 Å². The van der Waals surface area contributed by atoms with Gasteiger partial charge >= 0.3 is 5.97 Å². The van der Waals surface area contributed by atoms with Gasteiger partial charge in [0, 0.05) is 37.7 Å². The normalized spacial score (nSPS) is 20.1. The molecule has 2 aliphatic rings. The van der Waals surface area contributed by atoms with Crippen LogP contribution in [0.3, 0.4) is 0 Å². The molecule has 1 atom stereocenters. The van der Waals surface area contributed by atoms with E-state index in [-0.39, 0.29) is 18.2 Å². The van der Waals surface area contributed by atoms with Crippen LogP contribution in [0, 0.1) is 0 Å². The van der Waals surface area contributed by atoms with E-state index < -0.39 is 12.0 Å². The van der Waals surface area contributed by atoms with Gasteiger partial charge in [-0.05, 0) is 48.9 Å². The summed E-state index contributed by atoms with van der Waals surface area (Å²) in [5, 5.41) is 0.725. The van der Waals surface area contributed by atoms with Crippen LogP contribution in [0.4, 0.5) is 5.69 Å². The molecule has 0 radical (unpaired) electrons. The van der Waals surface area contributed by atoms with E-state index in [4.69, 9.17) is 16.3 Å². The summed E-state index contributed by atoms with van der Waals surface area (Å²) in [6.45, 7) is 5.98. The molecule has 2 fully saturated rings. The van der Waals surface area contributed by atoms with Gasteiger partial charge in [-0.1, -0.05) is 23.7 Å². The maximum atomic E-state index is 13.1. The largest absolute Gasteiger partial charge is 0.462 e. The van der Waals surface area contributed by atoms with Crippen LogP contribution in [0.15, 0.2) is 48.5 Å². The first-order chi connectivity index (χ1) is 15.5. The number of halogens is 1.